The van der Waals surface area contributed by atoms with E-state index in [1.807, 2.05) is 19.2 Å². The molecule has 17 heavy (non-hydrogen) atoms. The standard InChI is InChI=1S/C14H23N3/c1-10-9-16-14(8-13(10)15)17-11(2)12-6-4-3-5-7-12/h8-9,11-12H,3-7H2,1-2H3,(H3,15,16,17). The first-order chi connectivity index (χ1) is 8.16. The maximum Gasteiger partial charge on any atom is 0.128 e. The summed E-state index contributed by atoms with van der Waals surface area (Å²) in [5.41, 5.74) is 7.76. The summed E-state index contributed by atoms with van der Waals surface area (Å²) in [6.45, 7) is 4.24. The van der Waals surface area contributed by atoms with E-state index in [2.05, 4.69) is 17.2 Å². The van der Waals surface area contributed by atoms with Crippen molar-refractivity contribution < 1.29 is 0 Å². The van der Waals surface area contributed by atoms with E-state index in [1.165, 1.54) is 32.1 Å². The second-order valence-electron chi connectivity index (χ2n) is 5.26. The Morgan fingerprint density at radius 3 is 2.71 bits per heavy atom. The summed E-state index contributed by atoms with van der Waals surface area (Å²) in [7, 11) is 0. The highest BCUT2D eigenvalue weighted by Crippen LogP contribution is 2.28. The lowest BCUT2D eigenvalue weighted by molar-refractivity contribution is 0.328. The predicted molar refractivity (Wildman–Crippen MR) is 73.0 cm³/mol. The Balaban J connectivity index is 1.96. The van der Waals surface area contributed by atoms with Gasteiger partial charge in [-0.15, -0.1) is 0 Å². The Morgan fingerprint density at radius 1 is 1.35 bits per heavy atom. The molecule has 3 heteroatoms. The van der Waals surface area contributed by atoms with Gasteiger partial charge in [0.2, 0.25) is 0 Å². The molecule has 1 fully saturated rings. The van der Waals surface area contributed by atoms with Crippen molar-refractivity contribution in [1.29, 1.82) is 0 Å². The minimum absolute atomic E-state index is 0.491. The molecule has 0 spiro atoms. The summed E-state index contributed by atoms with van der Waals surface area (Å²) >= 11 is 0. The van der Waals surface area contributed by atoms with Crippen LogP contribution in [0.1, 0.15) is 44.6 Å². The number of nitrogen functional groups attached to an aromatic ring is 1. The molecule has 1 unspecified atom stereocenters. The van der Waals surface area contributed by atoms with E-state index >= 15 is 0 Å². The van der Waals surface area contributed by atoms with Crippen LogP contribution in [0.5, 0.6) is 0 Å². The quantitative estimate of drug-likeness (QED) is 0.841. The molecule has 0 amide bonds. The zero-order chi connectivity index (χ0) is 12.3. The molecule has 1 aromatic rings. The van der Waals surface area contributed by atoms with E-state index < -0.39 is 0 Å². The van der Waals surface area contributed by atoms with Crippen LogP contribution in [0.15, 0.2) is 12.3 Å². The molecule has 0 saturated heterocycles. The highest BCUT2D eigenvalue weighted by Gasteiger charge is 2.20. The molecule has 0 radical (unpaired) electrons. The Kier molecular flexibility index (Phi) is 3.87. The van der Waals surface area contributed by atoms with E-state index in [0.717, 1.165) is 23.0 Å². The van der Waals surface area contributed by atoms with Crippen molar-refractivity contribution in [1.82, 2.24) is 4.98 Å². The Morgan fingerprint density at radius 2 is 2.06 bits per heavy atom. The van der Waals surface area contributed by atoms with Crippen LogP contribution in [0, 0.1) is 12.8 Å². The molecule has 1 aromatic heterocycles. The average Bonchev–Trinajstić information content (AvgIpc) is 2.35. The lowest BCUT2D eigenvalue weighted by atomic mass is 9.84. The van der Waals surface area contributed by atoms with Crippen LogP contribution in [0.2, 0.25) is 0 Å². The maximum absolute atomic E-state index is 5.89. The second-order valence-corrected chi connectivity index (χ2v) is 5.26. The molecule has 3 nitrogen and oxygen atoms in total. The van der Waals surface area contributed by atoms with Crippen molar-refractivity contribution in [3.8, 4) is 0 Å². The van der Waals surface area contributed by atoms with Crippen LogP contribution in [-0.2, 0) is 0 Å². The molecule has 94 valence electrons. The second kappa shape index (κ2) is 5.39. The van der Waals surface area contributed by atoms with E-state index in [4.69, 9.17) is 5.73 Å². The van der Waals surface area contributed by atoms with Crippen molar-refractivity contribution in [3.05, 3.63) is 17.8 Å². The fourth-order valence-corrected chi connectivity index (χ4v) is 2.60. The molecular weight excluding hydrogens is 210 g/mol. The summed E-state index contributed by atoms with van der Waals surface area (Å²) in [5.74, 6) is 1.69. The minimum atomic E-state index is 0.491. The lowest BCUT2D eigenvalue weighted by Gasteiger charge is -2.28. The SMILES string of the molecule is Cc1cnc(NC(C)C2CCCCC2)cc1N. The average molecular weight is 233 g/mol. The third-order valence-corrected chi connectivity index (χ3v) is 3.88. The zero-order valence-electron chi connectivity index (χ0n) is 10.9. The van der Waals surface area contributed by atoms with Gasteiger partial charge in [0.25, 0.3) is 0 Å². The zero-order valence-corrected chi connectivity index (χ0v) is 10.9. The van der Waals surface area contributed by atoms with Crippen molar-refractivity contribution >= 4 is 11.5 Å². The fraction of sp³-hybridized carbons (Fsp3) is 0.643. The van der Waals surface area contributed by atoms with Crippen molar-refractivity contribution in [2.45, 2.75) is 52.0 Å². The maximum atomic E-state index is 5.89. The van der Waals surface area contributed by atoms with Crippen LogP contribution in [0.4, 0.5) is 11.5 Å². The molecule has 1 heterocycles. The van der Waals surface area contributed by atoms with Crippen LogP contribution in [-0.4, -0.2) is 11.0 Å². The van der Waals surface area contributed by atoms with E-state index in [1.54, 1.807) is 0 Å². The molecule has 0 aliphatic heterocycles. The van der Waals surface area contributed by atoms with Crippen LogP contribution < -0.4 is 11.1 Å². The summed E-state index contributed by atoms with van der Waals surface area (Å²) in [5, 5.41) is 3.49. The Hall–Kier alpha value is -1.25. The summed E-state index contributed by atoms with van der Waals surface area (Å²) < 4.78 is 0. The normalized spacial score (nSPS) is 18.9. The molecule has 0 bridgehead atoms. The summed E-state index contributed by atoms with van der Waals surface area (Å²) in [6.07, 6.45) is 8.68. The predicted octanol–water partition coefficient (Wildman–Crippen LogP) is 3.35. The summed E-state index contributed by atoms with van der Waals surface area (Å²) in [4.78, 5) is 4.38. The molecule has 1 aliphatic carbocycles. The number of hydrogen-bond acceptors (Lipinski definition) is 3. The van der Waals surface area contributed by atoms with Gasteiger partial charge in [0.05, 0.1) is 0 Å². The number of aryl methyl sites for hydroxylation is 1. The smallest absolute Gasteiger partial charge is 0.128 e. The molecule has 3 N–H and O–H groups in total. The third kappa shape index (κ3) is 3.11. The number of pyridine rings is 1. The molecule has 2 rings (SSSR count). The largest absolute Gasteiger partial charge is 0.398 e. The van der Waals surface area contributed by atoms with Crippen LogP contribution in [0.3, 0.4) is 0 Å². The highest BCUT2D eigenvalue weighted by atomic mass is 15.0. The number of anilines is 2. The van der Waals surface area contributed by atoms with E-state index in [0.29, 0.717) is 6.04 Å². The highest BCUT2D eigenvalue weighted by molar-refractivity contribution is 5.53. The lowest BCUT2D eigenvalue weighted by Crippen LogP contribution is -2.28. The molecule has 1 atom stereocenters. The Labute approximate surface area is 104 Å². The number of hydrogen-bond donors (Lipinski definition) is 2. The van der Waals surface area contributed by atoms with Crippen LogP contribution >= 0.6 is 0 Å². The molecule has 1 aliphatic rings. The molecular formula is C14H23N3. The van der Waals surface area contributed by atoms with Gasteiger partial charge in [-0.1, -0.05) is 19.3 Å². The first kappa shape index (κ1) is 12.2. The third-order valence-electron chi connectivity index (χ3n) is 3.88. The number of aromatic nitrogens is 1. The van der Waals surface area contributed by atoms with Gasteiger partial charge in [-0.05, 0) is 38.2 Å². The van der Waals surface area contributed by atoms with E-state index in [9.17, 15) is 0 Å². The van der Waals surface area contributed by atoms with Gasteiger partial charge in [0, 0.05) is 24.0 Å². The van der Waals surface area contributed by atoms with E-state index in [-0.39, 0.29) is 0 Å². The van der Waals surface area contributed by atoms with Crippen molar-refractivity contribution in [2.75, 3.05) is 11.1 Å². The van der Waals surface area contributed by atoms with Gasteiger partial charge < -0.3 is 11.1 Å². The van der Waals surface area contributed by atoms with Crippen LogP contribution in [0.25, 0.3) is 0 Å². The van der Waals surface area contributed by atoms with Gasteiger partial charge in [-0.2, -0.15) is 0 Å². The monoisotopic (exact) mass is 233 g/mol. The Bertz CT molecular complexity index is 370. The van der Waals surface area contributed by atoms with Gasteiger partial charge >= 0.3 is 0 Å². The van der Waals surface area contributed by atoms with Gasteiger partial charge in [-0.25, -0.2) is 4.98 Å². The molecule has 0 aromatic carbocycles. The van der Waals surface area contributed by atoms with Crippen molar-refractivity contribution in [3.63, 3.8) is 0 Å². The van der Waals surface area contributed by atoms with Gasteiger partial charge in [0.15, 0.2) is 0 Å². The fourth-order valence-electron chi connectivity index (χ4n) is 2.60. The first-order valence-corrected chi connectivity index (χ1v) is 6.65. The minimum Gasteiger partial charge on any atom is -0.398 e. The summed E-state index contributed by atoms with van der Waals surface area (Å²) in [6, 6.07) is 2.43. The number of nitrogens with zero attached hydrogens (tertiary/aromatic N) is 1. The van der Waals surface area contributed by atoms with Crippen molar-refractivity contribution in [2.24, 2.45) is 5.92 Å². The first-order valence-electron chi connectivity index (χ1n) is 6.65. The molecule has 1 saturated carbocycles. The van der Waals surface area contributed by atoms with Gasteiger partial charge in [-0.3, -0.25) is 0 Å². The topological polar surface area (TPSA) is 50.9 Å². The number of rotatable bonds is 3. The number of nitrogens with two attached hydrogens (primary N) is 1. The van der Waals surface area contributed by atoms with Gasteiger partial charge in [0.1, 0.15) is 5.82 Å². The number of nitrogens with one attached hydrogen (secondary N) is 1.